The van der Waals surface area contributed by atoms with Gasteiger partial charge in [0.25, 0.3) is 0 Å². The average molecular weight is 320 g/mol. The number of hydrogen-bond donors (Lipinski definition) is 2. The summed E-state index contributed by atoms with van der Waals surface area (Å²) in [4.78, 5) is 13.3. The topological polar surface area (TPSA) is 57.5 Å². The first-order valence-electron chi connectivity index (χ1n) is 9.55. The minimum absolute atomic E-state index is 0.115. The molecule has 0 saturated heterocycles. The molecule has 4 fully saturated rings. The van der Waals surface area contributed by atoms with Crippen LogP contribution in [0, 0.1) is 34.0 Å². The average Bonchev–Trinajstić information content (AvgIpc) is 2.71. The maximum atomic E-state index is 13.3. The number of fused-ring (bicyclic) bond motifs is 3. The number of Topliss-reactive ketones (excluding diaryl/α,β-unsaturated/α-hetero) is 1. The SMILES string of the molecule is CC1(C)CCC[C@@]2(C)[C@H]1CC(=O)[C@]13C[C@H](CC[C@@H]12)[C@](O)(CO)C3. The zero-order valence-electron chi connectivity index (χ0n) is 14.9. The van der Waals surface area contributed by atoms with Gasteiger partial charge in [0.15, 0.2) is 0 Å². The predicted molar refractivity (Wildman–Crippen MR) is 88.8 cm³/mol. The number of rotatable bonds is 1. The highest BCUT2D eigenvalue weighted by Gasteiger charge is 2.70. The molecule has 3 nitrogen and oxygen atoms in total. The molecule has 0 radical (unpaired) electrons. The Bertz CT molecular complexity index is 541. The molecule has 130 valence electrons. The van der Waals surface area contributed by atoms with Crippen molar-refractivity contribution in [1.82, 2.24) is 0 Å². The van der Waals surface area contributed by atoms with Gasteiger partial charge in [-0.1, -0.05) is 27.2 Å². The molecular weight excluding hydrogens is 288 g/mol. The largest absolute Gasteiger partial charge is 0.393 e. The highest BCUT2D eigenvalue weighted by molar-refractivity contribution is 5.87. The van der Waals surface area contributed by atoms with E-state index in [0.717, 1.165) is 19.3 Å². The van der Waals surface area contributed by atoms with E-state index in [1.165, 1.54) is 19.3 Å². The van der Waals surface area contributed by atoms with E-state index >= 15 is 0 Å². The lowest BCUT2D eigenvalue weighted by molar-refractivity contribution is -0.170. The second-order valence-electron chi connectivity index (χ2n) is 10.2. The van der Waals surface area contributed by atoms with Crippen LogP contribution >= 0.6 is 0 Å². The molecule has 0 unspecified atom stereocenters. The fraction of sp³-hybridized carbons (Fsp3) is 0.950. The van der Waals surface area contributed by atoms with E-state index in [1.54, 1.807) is 0 Å². The van der Waals surface area contributed by atoms with Crippen LogP contribution in [0.3, 0.4) is 0 Å². The molecule has 0 amide bonds. The fourth-order valence-corrected chi connectivity index (χ4v) is 7.71. The van der Waals surface area contributed by atoms with Crippen molar-refractivity contribution in [2.45, 2.75) is 77.7 Å². The Morgan fingerprint density at radius 3 is 2.57 bits per heavy atom. The van der Waals surface area contributed by atoms with Crippen molar-refractivity contribution >= 4 is 5.78 Å². The third kappa shape index (κ3) is 1.87. The van der Waals surface area contributed by atoms with Crippen LogP contribution in [0.15, 0.2) is 0 Å². The van der Waals surface area contributed by atoms with Gasteiger partial charge >= 0.3 is 0 Å². The molecule has 0 aromatic rings. The molecule has 0 aromatic carbocycles. The Hall–Kier alpha value is -0.410. The third-order valence-corrected chi connectivity index (χ3v) is 8.75. The molecule has 2 bridgehead atoms. The van der Waals surface area contributed by atoms with Gasteiger partial charge < -0.3 is 10.2 Å². The van der Waals surface area contributed by atoms with Crippen molar-refractivity contribution in [3.8, 4) is 0 Å². The molecule has 4 rings (SSSR count). The lowest BCUT2D eigenvalue weighted by atomic mass is 9.41. The molecule has 4 aliphatic carbocycles. The van der Waals surface area contributed by atoms with Crippen molar-refractivity contribution in [3.63, 3.8) is 0 Å². The highest BCUT2D eigenvalue weighted by Crippen LogP contribution is 2.71. The molecule has 3 heteroatoms. The number of carbonyl (C=O) groups excluding carboxylic acids is 1. The molecule has 23 heavy (non-hydrogen) atoms. The standard InChI is InChI=1S/C20H32O3/c1-17(2)7-4-8-18(3)14-6-5-13-10-19(14,11-20(13,23)12-21)16(22)9-15(17)18/h13-15,21,23H,4-12H2,1-3H3/t13-,14+,15-,18+,19-,20+/m0/s1. The van der Waals surface area contributed by atoms with E-state index < -0.39 is 5.60 Å². The summed E-state index contributed by atoms with van der Waals surface area (Å²) in [5, 5.41) is 20.7. The van der Waals surface area contributed by atoms with Gasteiger partial charge in [-0.25, -0.2) is 0 Å². The summed E-state index contributed by atoms with van der Waals surface area (Å²) in [6.45, 7) is 6.95. The van der Waals surface area contributed by atoms with Crippen LogP contribution < -0.4 is 0 Å². The normalized spacial score (nSPS) is 54.5. The summed E-state index contributed by atoms with van der Waals surface area (Å²) in [5.74, 6) is 1.39. The van der Waals surface area contributed by atoms with Crippen LogP contribution in [0.25, 0.3) is 0 Å². The summed E-state index contributed by atoms with van der Waals surface area (Å²) in [5.41, 5.74) is -0.898. The van der Waals surface area contributed by atoms with Crippen molar-refractivity contribution in [2.24, 2.45) is 34.0 Å². The van der Waals surface area contributed by atoms with Crippen molar-refractivity contribution in [2.75, 3.05) is 6.61 Å². The minimum atomic E-state index is -1.02. The molecule has 0 heterocycles. The summed E-state index contributed by atoms with van der Waals surface area (Å²) >= 11 is 0. The summed E-state index contributed by atoms with van der Waals surface area (Å²) in [6.07, 6.45) is 7.75. The van der Waals surface area contributed by atoms with E-state index in [0.29, 0.717) is 30.5 Å². The van der Waals surface area contributed by atoms with E-state index in [9.17, 15) is 15.0 Å². The van der Waals surface area contributed by atoms with Crippen LogP contribution in [0.4, 0.5) is 0 Å². The van der Waals surface area contributed by atoms with Gasteiger partial charge in [-0.15, -0.1) is 0 Å². The van der Waals surface area contributed by atoms with Crippen LogP contribution in [-0.2, 0) is 4.79 Å². The van der Waals surface area contributed by atoms with E-state index in [-0.39, 0.29) is 28.8 Å². The lowest BCUT2D eigenvalue weighted by Gasteiger charge is -2.62. The Kier molecular flexibility index (Phi) is 3.22. The maximum absolute atomic E-state index is 13.3. The fourth-order valence-electron chi connectivity index (χ4n) is 7.71. The molecule has 4 saturated carbocycles. The summed E-state index contributed by atoms with van der Waals surface area (Å²) in [7, 11) is 0. The van der Waals surface area contributed by atoms with Crippen molar-refractivity contribution in [1.29, 1.82) is 0 Å². The zero-order valence-corrected chi connectivity index (χ0v) is 14.9. The molecule has 6 atom stereocenters. The molecule has 4 aliphatic rings. The molecule has 1 spiro atoms. The Balaban J connectivity index is 1.78. The van der Waals surface area contributed by atoms with E-state index in [1.807, 2.05) is 0 Å². The van der Waals surface area contributed by atoms with Gasteiger partial charge in [0, 0.05) is 11.8 Å². The molecule has 0 aromatic heterocycles. The predicted octanol–water partition coefficient (Wildman–Crippen LogP) is 3.32. The third-order valence-electron chi connectivity index (χ3n) is 8.75. The van der Waals surface area contributed by atoms with Crippen LogP contribution in [0.5, 0.6) is 0 Å². The maximum Gasteiger partial charge on any atom is 0.139 e. The Morgan fingerprint density at radius 2 is 1.87 bits per heavy atom. The minimum Gasteiger partial charge on any atom is -0.393 e. The highest BCUT2D eigenvalue weighted by atomic mass is 16.3. The van der Waals surface area contributed by atoms with Crippen molar-refractivity contribution < 1.29 is 15.0 Å². The number of hydrogen-bond acceptors (Lipinski definition) is 3. The number of aliphatic hydroxyl groups is 2. The number of carbonyl (C=O) groups is 1. The smallest absolute Gasteiger partial charge is 0.139 e. The van der Waals surface area contributed by atoms with Gasteiger partial charge in [0.2, 0.25) is 0 Å². The number of aliphatic hydroxyl groups excluding tert-OH is 1. The molecule has 2 N–H and O–H groups in total. The van der Waals surface area contributed by atoms with Gasteiger partial charge in [0.05, 0.1) is 12.2 Å². The molecular formula is C20H32O3. The first-order valence-corrected chi connectivity index (χ1v) is 9.55. The van der Waals surface area contributed by atoms with Crippen molar-refractivity contribution in [3.05, 3.63) is 0 Å². The van der Waals surface area contributed by atoms with Crippen LogP contribution in [0.2, 0.25) is 0 Å². The van der Waals surface area contributed by atoms with E-state index in [2.05, 4.69) is 20.8 Å². The molecule has 0 aliphatic heterocycles. The monoisotopic (exact) mass is 320 g/mol. The second-order valence-corrected chi connectivity index (χ2v) is 10.2. The zero-order chi connectivity index (χ0) is 16.7. The lowest BCUT2D eigenvalue weighted by Crippen LogP contribution is -2.59. The first-order chi connectivity index (χ1) is 10.7. The Morgan fingerprint density at radius 1 is 1.13 bits per heavy atom. The summed E-state index contributed by atoms with van der Waals surface area (Å²) < 4.78 is 0. The van der Waals surface area contributed by atoms with Gasteiger partial charge in [-0.05, 0) is 67.1 Å². The Labute approximate surface area is 139 Å². The van der Waals surface area contributed by atoms with Crippen LogP contribution in [-0.4, -0.2) is 28.2 Å². The van der Waals surface area contributed by atoms with Gasteiger partial charge in [0.1, 0.15) is 5.78 Å². The van der Waals surface area contributed by atoms with Gasteiger partial charge in [-0.2, -0.15) is 0 Å². The number of ketones is 1. The summed E-state index contributed by atoms with van der Waals surface area (Å²) in [6, 6.07) is 0. The first kappa shape index (κ1) is 16.1. The van der Waals surface area contributed by atoms with E-state index in [4.69, 9.17) is 0 Å². The quantitative estimate of drug-likeness (QED) is 0.779. The van der Waals surface area contributed by atoms with Crippen LogP contribution in [0.1, 0.15) is 72.1 Å². The second kappa shape index (κ2) is 4.60. The van der Waals surface area contributed by atoms with Gasteiger partial charge in [-0.3, -0.25) is 4.79 Å².